The monoisotopic (exact) mass is 284 g/mol. The number of hydrogen-bond donors (Lipinski definition) is 2. The van der Waals surface area contributed by atoms with E-state index in [2.05, 4.69) is 20.0 Å². The Kier molecular flexibility index (Phi) is 3.64. The van der Waals surface area contributed by atoms with Gasteiger partial charge in [0.15, 0.2) is 0 Å². The third-order valence-corrected chi connectivity index (χ3v) is 2.21. The highest BCUT2D eigenvalue weighted by molar-refractivity contribution is 5.59. The van der Waals surface area contributed by atoms with Gasteiger partial charge in [-0.15, -0.1) is 13.2 Å². The topological polar surface area (TPSA) is 73.1 Å². The summed E-state index contributed by atoms with van der Waals surface area (Å²) in [5.41, 5.74) is 6.52. The molecule has 0 bridgehead atoms. The maximum Gasteiger partial charge on any atom is 0.573 e. The molecule has 3 N–H and O–H groups in total. The van der Waals surface area contributed by atoms with E-state index in [1.807, 2.05) is 0 Å². The van der Waals surface area contributed by atoms with Gasteiger partial charge < -0.3 is 15.8 Å². The average Bonchev–Trinajstić information content (AvgIpc) is 2.25. The molecule has 0 unspecified atom stereocenters. The first-order valence-electron chi connectivity index (χ1n) is 5.56. The van der Waals surface area contributed by atoms with Crippen molar-refractivity contribution in [2.75, 3.05) is 11.1 Å². The minimum absolute atomic E-state index is 0.0789. The number of nitrogens with two attached hydrogens (primary N) is 1. The zero-order chi connectivity index (χ0) is 14.8. The molecule has 2 rings (SSSR count). The van der Waals surface area contributed by atoms with Crippen LogP contribution in [0.25, 0.3) is 0 Å². The molecular weight excluding hydrogens is 273 g/mol. The van der Waals surface area contributed by atoms with Crippen molar-refractivity contribution in [1.29, 1.82) is 0 Å². The Bertz CT molecular complexity index is 596. The molecule has 0 fully saturated rings. The van der Waals surface area contributed by atoms with E-state index in [9.17, 15) is 13.2 Å². The molecule has 0 amide bonds. The van der Waals surface area contributed by atoms with Crippen LogP contribution >= 0.6 is 0 Å². The van der Waals surface area contributed by atoms with Gasteiger partial charge >= 0.3 is 6.36 Å². The molecule has 0 saturated carbocycles. The summed E-state index contributed by atoms with van der Waals surface area (Å²) in [6.07, 6.45) is -4.73. The van der Waals surface area contributed by atoms with Crippen LogP contribution in [0.4, 0.5) is 30.6 Å². The fourth-order valence-electron chi connectivity index (χ4n) is 1.57. The SMILES string of the molecule is Cc1cc(Nc2cccc(OC(F)(F)F)c2)nc(N)n1. The molecule has 0 radical (unpaired) electrons. The van der Waals surface area contributed by atoms with Gasteiger partial charge in [-0.2, -0.15) is 4.98 Å². The normalized spacial score (nSPS) is 11.2. The van der Waals surface area contributed by atoms with Crippen molar-refractivity contribution < 1.29 is 17.9 Å². The van der Waals surface area contributed by atoms with Crippen LogP contribution in [0.2, 0.25) is 0 Å². The number of nitrogens with zero attached hydrogens (tertiary/aromatic N) is 2. The molecular formula is C12H11F3N4O. The van der Waals surface area contributed by atoms with E-state index >= 15 is 0 Å². The minimum Gasteiger partial charge on any atom is -0.406 e. The van der Waals surface area contributed by atoms with Crippen molar-refractivity contribution in [2.45, 2.75) is 13.3 Å². The summed E-state index contributed by atoms with van der Waals surface area (Å²) in [5.74, 6) is 0.149. The third-order valence-electron chi connectivity index (χ3n) is 2.21. The van der Waals surface area contributed by atoms with Crippen LogP contribution in [-0.4, -0.2) is 16.3 Å². The second kappa shape index (κ2) is 5.24. The summed E-state index contributed by atoms with van der Waals surface area (Å²) in [6, 6.07) is 7.05. The Balaban J connectivity index is 2.19. The van der Waals surface area contributed by atoms with Gasteiger partial charge in [0.1, 0.15) is 11.6 Å². The van der Waals surface area contributed by atoms with E-state index in [4.69, 9.17) is 5.73 Å². The maximum atomic E-state index is 12.1. The highest BCUT2D eigenvalue weighted by atomic mass is 19.4. The largest absolute Gasteiger partial charge is 0.573 e. The van der Waals surface area contributed by atoms with Gasteiger partial charge in [-0.05, 0) is 19.1 Å². The van der Waals surface area contributed by atoms with Crippen molar-refractivity contribution in [3.8, 4) is 5.75 Å². The third kappa shape index (κ3) is 4.01. The van der Waals surface area contributed by atoms with Crippen molar-refractivity contribution in [3.05, 3.63) is 36.0 Å². The number of ether oxygens (including phenoxy) is 1. The molecule has 20 heavy (non-hydrogen) atoms. The van der Waals surface area contributed by atoms with E-state index in [0.717, 1.165) is 0 Å². The lowest BCUT2D eigenvalue weighted by molar-refractivity contribution is -0.274. The molecule has 0 aliphatic rings. The van der Waals surface area contributed by atoms with Crippen molar-refractivity contribution >= 4 is 17.5 Å². The van der Waals surface area contributed by atoms with E-state index in [0.29, 0.717) is 17.2 Å². The molecule has 0 aliphatic carbocycles. The minimum atomic E-state index is -4.73. The number of nitrogens with one attached hydrogen (secondary N) is 1. The second-order valence-corrected chi connectivity index (χ2v) is 3.95. The highest BCUT2D eigenvalue weighted by Gasteiger charge is 2.31. The maximum absolute atomic E-state index is 12.1. The second-order valence-electron chi connectivity index (χ2n) is 3.95. The number of aromatic nitrogens is 2. The summed E-state index contributed by atoms with van der Waals surface area (Å²) in [5, 5.41) is 2.83. The number of halogens is 3. The molecule has 0 aliphatic heterocycles. The fraction of sp³-hybridized carbons (Fsp3) is 0.167. The number of hydrogen-bond acceptors (Lipinski definition) is 5. The number of anilines is 3. The Morgan fingerprint density at radius 1 is 1.20 bits per heavy atom. The molecule has 2 aromatic rings. The smallest absolute Gasteiger partial charge is 0.406 e. The van der Waals surface area contributed by atoms with Gasteiger partial charge in [0.2, 0.25) is 5.95 Å². The van der Waals surface area contributed by atoms with E-state index < -0.39 is 6.36 Å². The van der Waals surface area contributed by atoms with Gasteiger partial charge in [-0.3, -0.25) is 0 Å². The highest BCUT2D eigenvalue weighted by Crippen LogP contribution is 2.26. The van der Waals surface area contributed by atoms with Crippen LogP contribution in [-0.2, 0) is 0 Å². The number of rotatable bonds is 3. The van der Waals surface area contributed by atoms with Crippen LogP contribution in [0.15, 0.2) is 30.3 Å². The predicted octanol–water partition coefficient (Wildman–Crippen LogP) is 3.01. The lowest BCUT2D eigenvalue weighted by Crippen LogP contribution is -2.17. The number of aryl methyl sites for hydroxylation is 1. The Morgan fingerprint density at radius 3 is 2.60 bits per heavy atom. The fourth-order valence-corrected chi connectivity index (χ4v) is 1.57. The first-order chi connectivity index (χ1) is 9.32. The summed E-state index contributed by atoms with van der Waals surface area (Å²) in [6.45, 7) is 1.73. The molecule has 1 heterocycles. The van der Waals surface area contributed by atoms with Crippen molar-refractivity contribution in [1.82, 2.24) is 9.97 Å². The summed E-state index contributed by atoms with van der Waals surface area (Å²) in [4.78, 5) is 7.82. The van der Waals surface area contributed by atoms with Crippen LogP contribution < -0.4 is 15.8 Å². The van der Waals surface area contributed by atoms with E-state index in [-0.39, 0.29) is 11.7 Å². The first kappa shape index (κ1) is 13.9. The Morgan fingerprint density at radius 2 is 1.95 bits per heavy atom. The molecule has 8 heteroatoms. The van der Waals surface area contributed by atoms with E-state index in [1.54, 1.807) is 19.1 Å². The van der Waals surface area contributed by atoms with Crippen molar-refractivity contribution in [3.63, 3.8) is 0 Å². The van der Waals surface area contributed by atoms with Crippen LogP contribution in [0.3, 0.4) is 0 Å². The predicted molar refractivity (Wildman–Crippen MR) is 67.6 cm³/mol. The zero-order valence-electron chi connectivity index (χ0n) is 10.4. The van der Waals surface area contributed by atoms with Crippen LogP contribution in [0, 0.1) is 6.92 Å². The Hall–Kier alpha value is -2.51. The Labute approximate surface area is 112 Å². The molecule has 106 valence electrons. The van der Waals surface area contributed by atoms with Crippen LogP contribution in [0.5, 0.6) is 5.75 Å². The summed E-state index contributed by atoms with van der Waals surface area (Å²) in [7, 11) is 0. The number of benzene rings is 1. The van der Waals surface area contributed by atoms with Crippen molar-refractivity contribution in [2.24, 2.45) is 0 Å². The quantitative estimate of drug-likeness (QED) is 0.906. The zero-order valence-corrected chi connectivity index (χ0v) is 10.4. The molecule has 0 spiro atoms. The summed E-state index contributed by atoms with van der Waals surface area (Å²) >= 11 is 0. The molecule has 1 aromatic carbocycles. The van der Waals surface area contributed by atoms with Gasteiger partial charge in [0.25, 0.3) is 0 Å². The number of alkyl halides is 3. The number of nitrogen functional groups attached to an aromatic ring is 1. The van der Waals surface area contributed by atoms with Crippen LogP contribution in [0.1, 0.15) is 5.69 Å². The average molecular weight is 284 g/mol. The molecule has 1 aromatic heterocycles. The van der Waals surface area contributed by atoms with Gasteiger partial charge in [-0.1, -0.05) is 6.07 Å². The first-order valence-corrected chi connectivity index (χ1v) is 5.56. The van der Waals surface area contributed by atoms with Gasteiger partial charge in [-0.25, -0.2) is 4.98 Å². The lowest BCUT2D eigenvalue weighted by atomic mass is 10.3. The summed E-state index contributed by atoms with van der Waals surface area (Å²) < 4.78 is 40.2. The van der Waals surface area contributed by atoms with E-state index in [1.165, 1.54) is 18.2 Å². The molecule has 5 nitrogen and oxygen atoms in total. The standard InChI is InChI=1S/C12H11F3N4O/c1-7-5-10(19-11(16)17-7)18-8-3-2-4-9(6-8)20-12(13,14)15/h2-6H,1H3,(H3,16,17,18,19). The van der Waals surface area contributed by atoms with Gasteiger partial charge in [0, 0.05) is 23.5 Å². The van der Waals surface area contributed by atoms with Gasteiger partial charge in [0.05, 0.1) is 0 Å². The molecule has 0 atom stereocenters. The molecule has 0 saturated heterocycles. The lowest BCUT2D eigenvalue weighted by Gasteiger charge is -2.11.